The third kappa shape index (κ3) is 5.74. The minimum absolute atomic E-state index is 0.476. The van der Waals surface area contributed by atoms with Crippen LogP contribution in [0.1, 0.15) is 46.0 Å². The van der Waals surface area contributed by atoms with Gasteiger partial charge in [-0.15, -0.1) is 0 Å². The highest BCUT2D eigenvalue weighted by Gasteiger charge is 2.07. The van der Waals surface area contributed by atoms with Crippen molar-refractivity contribution in [2.45, 2.75) is 60.2 Å². The summed E-state index contributed by atoms with van der Waals surface area (Å²) in [5, 5.41) is 11.6. The van der Waals surface area contributed by atoms with Gasteiger partial charge < -0.3 is 10.6 Å². The first-order valence-electron chi connectivity index (χ1n) is 7.56. The molecule has 1 atom stereocenters. The van der Waals surface area contributed by atoms with Gasteiger partial charge in [-0.2, -0.15) is 5.10 Å². The highest BCUT2D eigenvalue weighted by Crippen LogP contribution is 2.05. The van der Waals surface area contributed by atoms with Gasteiger partial charge >= 0.3 is 0 Å². The van der Waals surface area contributed by atoms with Gasteiger partial charge in [0.05, 0.1) is 11.4 Å². The molecule has 1 rings (SSSR count). The maximum Gasteiger partial charge on any atom is 0.0625 e. The topological polar surface area (TPSA) is 41.9 Å². The van der Waals surface area contributed by atoms with Crippen LogP contribution >= 0.6 is 0 Å². The van der Waals surface area contributed by atoms with Crippen LogP contribution in [0.5, 0.6) is 0 Å². The molecular formula is C15H30N4. The molecule has 0 saturated carbocycles. The summed E-state index contributed by atoms with van der Waals surface area (Å²) in [6.07, 6.45) is 1.01. The lowest BCUT2D eigenvalue weighted by molar-refractivity contribution is 0.462. The number of nitrogens with one attached hydrogen (secondary N) is 2. The molecule has 0 spiro atoms. The lowest BCUT2D eigenvalue weighted by atomic mass is 10.2. The van der Waals surface area contributed by atoms with E-state index in [0.717, 1.165) is 32.6 Å². The molecule has 1 aromatic heterocycles. The van der Waals surface area contributed by atoms with Crippen LogP contribution in [-0.4, -0.2) is 28.9 Å². The molecule has 0 amide bonds. The first-order chi connectivity index (χ1) is 9.06. The van der Waals surface area contributed by atoms with Gasteiger partial charge in [0.1, 0.15) is 0 Å². The van der Waals surface area contributed by atoms with Gasteiger partial charge in [-0.1, -0.05) is 20.8 Å². The predicted octanol–water partition coefficient (Wildman–Crippen LogP) is 2.19. The number of rotatable bonds is 9. The second kappa shape index (κ2) is 8.33. The van der Waals surface area contributed by atoms with Gasteiger partial charge in [-0.05, 0) is 38.8 Å². The Hall–Kier alpha value is -0.870. The van der Waals surface area contributed by atoms with Crippen LogP contribution in [0.3, 0.4) is 0 Å². The molecule has 0 aromatic carbocycles. The number of hydrogen-bond acceptors (Lipinski definition) is 3. The van der Waals surface area contributed by atoms with Crippen LogP contribution in [0.2, 0.25) is 0 Å². The molecule has 0 radical (unpaired) electrons. The second-order valence-corrected chi connectivity index (χ2v) is 5.63. The van der Waals surface area contributed by atoms with Gasteiger partial charge in [0.15, 0.2) is 0 Å². The molecule has 0 saturated heterocycles. The number of nitrogens with zero attached hydrogens (tertiary/aromatic N) is 2. The molecule has 4 heteroatoms. The molecule has 0 aliphatic heterocycles. The van der Waals surface area contributed by atoms with Crippen molar-refractivity contribution in [3.8, 4) is 0 Å². The predicted molar refractivity (Wildman–Crippen MR) is 81.3 cm³/mol. The Morgan fingerprint density at radius 2 is 1.95 bits per heavy atom. The summed E-state index contributed by atoms with van der Waals surface area (Å²) < 4.78 is 2.10. The van der Waals surface area contributed by atoms with Gasteiger partial charge in [0.25, 0.3) is 0 Å². The van der Waals surface area contributed by atoms with E-state index in [0.29, 0.717) is 12.0 Å². The van der Waals surface area contributed by atoms with Crippen molar-refractivity contribution in [2.75, 3.05) is 13.1 Å². The highest BCUT2D eigenvalue weighted by molar-refractivity contribution is 5.10. The van der Waals surface area contributed by atoms with E-state index in [4.69, 9.17) is 0 Å². The van der Waals surface area contributed by atoms with E-state index in [2.05, 4.69) is 61.1 Å². The molecule has 19 heavy (non-hydrogen) atoms. The molecule has 110 valence electrons. The number of aryl methyl sites for hydroxylation is 2. The third-order valence-electron chi connectivity index (χ3n) is 3.21. The monoisotopic (exact) mass is 266 g/mol. The van der Waals surface area contributed by atoms with E-state index < -0.39 is 0 Å². The zero-order valence-electron chi connectivity index (χ0n) is 13.2. The molecule has 4 nitrogen and oxygen atoms in total. The first-order valence-corrected chi connectivity index (χ1v) is 7.56. The Labute approximate surface area is 118 Å². The largest absolute Gasteiger partial charge is 0.315 e. The Morgan fingerprint density at radius 1 is 1.21 bits per heavy atom. The normalized spacial score (nSPS) is 13.2. The minimum Gasteiger partial charge on any atom is -0.315 e. The third-order valence-corrected chi connectivity index (χ3v) is 3.21. The quantitative estimate of drug-likeness (QED) is 0.720. The van der Waals surface area contributed by atoms with Crippen molar-refractivity contribution in [2.24, 2.45) is 5.92 Å². The summed E-state index contributed by atoms with van der Waals surface area (Å²) in [6, 6.07) is 2.69. The van der Waals surface area contributed by atoms with Crippen LogP contribution in [0, 0.1) is 5.92 Å². The van der Waals surface area contributed by atoms with Crippen molar-refractivity contribution < 1.29 is 0 Å². The van der Waals surface area contributed by atoms with Crippen molar-refractivity contribution in [1.29, 1.82) is 0 Å². The molecular weight excluding hydrogens is 236 g/mol. The smallest absolute Gasteiger partial charge is 0.0625 e. The van der Waals surface area contributed by atoms with E-state index in [9.17, 15) is 0 Å². The molecule has 0 bridgehead atoms. The molecule has 0 aliphatic carbocycles. The standard InChI is InChI=1S/C15H30N4/c1-6-14-8-15(19(7-2)18-14)11-17-13(5)10-16-9-12(3)4/h8,12-13,16-17H,6-7,9-11H2,1-5H3. The maximum atomic E-state index is 4.57. The molecule has 1 aromatic rings. The lowest BCUT2D eigenvalue weighted by Gasteiger charge is -2.16. The Bertz CT molecular complexity index is 357. The lowest BCUT2D eigenvalue weighted by Crippen LogP contribution is -2.37. The fraction of sp³-hybridized carbons (Fsp3) is 0.800. The summed E-state index contributed by atoms with van der Waals surface area (Å²) in [6.45, 7) is 14.9. The zero-order chi connectivity index (χ0) is 14.3. The summed E-state index contributed by atoms with van der Waals surface area (Å²) in [4.78, 5) is 0. The summed E-state index contributed by atoms with van der Waals surface area (Å²) in [5.41, 5.74) is 2.47. The van der Waals surface area contributed by atoms with Gasteiger partial charge in [-0.3, -0.25) is 4.68 Å². The van der Waals surface area contributed by atoms with Crippen molar-refractivity contribution in [1.82, 2.24) is 20.4 Å². The second-order valence-electron chi connectivity index (χ2n) is 5.63. The molecule has 1 unspecified atom stereocenters. The van der Waals surface area contributed by atoms with Crippen LogP contribution in [0.4, 0.5) is 0 Å². The van der Waals surface area contributed by atoms with E-state index in [-0.39, 0.29) is 0 Å². The maximum absolute atomic E-state index is 4.57. The molecule has 2 N–H and O–H groups in total. The summed E-state index contributed by atoms with van der Waals surface area (Å²) in [5.74, 6) is 0.709. The Kier molecular flexibility index (Phi) is 7.10. The van der Waals surface area contributed by atoms with Gasteiger partial charge in [0.2, 0.25) is 0 Å². The fourth-order valence-electron chi connectivity index (χ4n) is 2.04. The SMILES string of the molecule is CCc1cc(CNC(C)CNCC(C)C)n(CC)n1. The van der Waals surface area contributed by atoms with Crippen LogP contribution < -0.4 is 10.6 Å². The van der Waals surface area contributed by atoms with Gasteiger partial charge in [-0.25, -0.2) is 0 Å². The zero-order valence-corrected chi connectivity index (χ0v) is 13.2. The minimum atomic E-state index is 0.476. The molecule has 0 fully saturated rings. The Morgan fingerprint density at radius 3 is 2.53 bits per heavy atom. The number of hydrogen-bond donors (Lipinski definition) is 2. The van der Waals surface area contributed by atoms with Crippen molar-refractivity contribution in [3.05, 3.63) is 17.5 Å². The molecule has 1 heterocycles. The van der Waals surface area contributed by atoms with Crippen molar-refractivity contribution in [3.63, 3.8) is 0 Å². The average Bonchev–Trinajstić information content (AvgIpc) is 2.78. The number of aromatic nitrogens is 2. The van der Waals surface area contributed by atoms with Crippen LogP contribution in [0.15, 0.2) is 6.07 Å². The van der Waals surface area contributed by atoms with E-state index in [1.54, 1.807) is 0 Å². The van der Waals surface area contributed by atoms with E-state index in [1.807, 2.05) is 0 Å². The fourth-order valence-corrected chi connectivity index (χ4v) is 2.04. The highest BCUT2D eigenvalue weighted by atomic mass is 15.3. The van der Waals surface area contributed by atoms with E-state index >= 15 is 0 Å². The van der Waals surface area contributed by atoms with Crippen molar-refractivity contribution >= 4 is 0 Å². The van der Waals surface area contributed by atoms with Crippen LogP contribution in [-0.2, 0) is 19.5 Å². The first kappa shape index (κ1) is 16.2. The summed E-state index contributed by atoms with van der Waals surface area (Å²) in [7, 11) is 0. The summed E-state index contributed by atoms with van der Waals surface area (Å²) >= 11 is 0. The Balaban J connectivity index is 2.36. The molecule has 0 aliphatic rings. The van der Waals surface area contributed by atoms with E-state index in [1.165, 1.54) is 11.4 Å². The van der Waals surface area contributed by atoms with Gasteiger partial charge in [0, 0.05) is 25.7 Å². The van der Waals surface area contributed by atoms with Crippen LogP contribution in [0.25, 0.3) is 0 Å². The average molecular weight is 266 g/mol.